The molecule has 1 aromatic rings. The number of nitrogens with one attached hydrogen (secondary N) is 1. The summed E-state index contributed by atoms with van der Waals surface area (Å²) in [6.45, 7) is 1.02. The second kappa shape index (κ2) is 7.40. The van der Waals surface area contributed by atoms with Gasteiger partial charge in [0.2, 0.25) is 0 Å². The van der Waals surface area contributed by atoms with Crippen molar-refractivity contribution in [2.24, 2.45) is 0 Å². The molecule has 0 spiro atoms. The van der Waals surface area contributed by atoms with Crippen LogP contribution in [0.4, 0.5) is 0 Å². The van der Waals surface area contributed by atoms with E-state index in [2.05, 4.69) is 17.4 Å². The summed E-state index contributed by atoms with van der Waals surface area (Å²) in [5, 5.41) is 20.9. The SMILES string of the molecule is OCCC(CO)NCCc1ccccc1. The molecule has 3 nitrogen and oxygen atoms in total. The minimum Gasteiger partial charge on any atom is -0.396 e. The van der Waals surface area contributed by atoms with Gasteiger partial charge < -0.3 is 15.5 Å². The second-order valence-electron chi connectivity index (χ2n) is 3.58. The number of benzene rings is 1. The van der Waals surface area contributed by atoms with Crippen LogP contribution in [0.15, 0.2) is 30.3 Å². The number of hydrogen-bond acceptors (Lipinski definition) is 3. The molecular weight excluding hydrogens is 190 g/mol. The van der Waals surface area contributed by atoms with Crippen molar-refractivity contribution in [2.45, 2.75) is 18.9 Å². The maximum Gasteiger partial charge on any atom is 0.0585 e. The Hall–Kier alpha value is -0.900. The Balaban J connectivity index is 2.20. The van der Waals surface area contributed by atoms with E-state index >= 15 is 0 Å². The lowest BCUT2D eigenvalue weighted by atomic mass is 10.1. The van der Waals surface area contributed by atoms with E-state index in [9.17, 15) is 0 Å². The van der Waals surface area contributed by atoms with E-state index in [4.69, 9.17) is 10.2 Å². The van der Waals surface area contributed by atoms with Crippen molar-refractivity contribution >= 4 is 0 Å². The Morgan fingerprint density at radius 2 is 1.87 bits per heavy atom. The number of aliphatic hydroxyl groups excluding tert-OH is 2. The zero-order chi connectivity index (χ0) is 10.9. The fourth-order valence-corrected chi connectivity index (χ4v) is 1.48. The minimum absolute atomic E-state index is 0.0127. The average Bonchev–Trinajstić information content (AvgIpc) is 2.29. The Bertz CT molecular complexity index is 251. The molecule has 15 heavy (non-hydrogen) atoms. The molecule has 0 aliphatic heterocycles. The molecule has 0 bridgehead atoms. The van der Waals surface area contributed by atoms with Crippen LogP contribution in [0.2, 0.25) is 0 Å². The first-order valence-electron chi connectivity index (χ1n) is 5.36. The van der Waals surface area contributed by atoms with Gasteiger partial charge >= 0.3 is 0 Å². The number of hydrogen-bond donors (Lipinski definition) is 3. The van der Waals surface area contributed by atoms with Crippen molar-refractivity contribution in [1.29, 1.82) is 0 Å². The summed E-state index contributed by atoms with van der Waals surface area (Å²) in [5.74, 6) is 0. The van der Waals surface area contributed by atoms with Gasteiger partial charge in [0, 0.05) is 12.6 Å². The van der Waals surface area contributed by atoms with Crippen molar-refractivity contribution in [1.82, 2.24) is 5.32 Å². The average molecular weight is 209 g/mol. The second-order valence-corrected chi connectivity index (χ2v) is 3.58. The molecule has 0 aliphatic carbocycles. The van der Waals surface area contributed by atoms with Crippen molar-refractivity contribution in [2.75, 3.05) is 19.8 Å². The predicted octanol–water partition coefficient (Wildman–Crippen LogP) is 0.562. The van der Waals surface area contributed by atoms with Gasteiger partial charge in [-0.05, 0) is 24.9 Å². The molecule has 1 unspecified atom stereocenters. The van der Waals surface area contributed by atoms with E-state index in [-0.39, 0.29) is 19.3 Å². The summed E-state index contributed by atoms with van der Waals surface area (Å²) in [6.07, 6.45) is 1.55. The van der Waals surface area contributed by atoms with Gasteiger partial charge in [0.1, 0.15) is 0 Å². The quantitative estimate of drug-likeness (QED) is 0.615. The van der Waals surface area contributed by atoms with Gasteiger partial charge in [-0.1, -0.05) is 30.3 Å². The van der Waals surface area contributed by atoms with E-state index in [1.807, 2.05) is 18.2 Å². The predicted molar refractivity (Wildman–Crippen MR) is 60.7 cm³/mol. The molecule has 1 aromatic carbocycles. The summed E-state index contributed by atoms with van der Waals surface area (Å²) >= 11 is 0. The summed E-state index contributed by atoms with van der Waals surface area (Å²) in [6, 6.07) is 10.2. The van der Waals surface area contributed by atoms with E-state index < -0.39 is 0 Å². The van der Waals surface area contributed by atoms with Crippen molar-refractivity contribution < 1.29 is 10.2 Å². The molecular formula is C12H19NO2. The highest BCUT2D eigenvalue weighted by Crippen LogP contribution is 1.99. The normalized spacial score (nSPS) is 12.7. The molecule has 0 saturated heterocycles. The fourth-order valence-electron chi connectivity index (χ4n) is 1.48. The summed E-state index contributed by atoms with van der Waals surface area (Å²) < 4.78 is 0. The van der Waals surface area contributed by atoms with Crippen LogP contribution in [0.3, 0.4) is 0 Å². The van der Waals surface area contributed by atoms with E-state index in [1.165, 1.54) is 5.56 Å². The maximum absolute atomic E-state index is 8.98. The van der Waals surface area contributed by atoms with E-state index in [0.29, 0.717) is 6.42 Å². The summed E-state index contributed by atoms with van der Waals surface area (Å²) in [5.41, 5.74) is 1.28. The van der Waals surface area contributed by atoms with Gasteiger partial charge in [-0.3, -0.25) is 0 Å². The zero-order valence-electron chi connectivity index (χ0n) is 8.89. The van der Waals surface area contributed by atoms with Crippen LogP contribution in [0.1, 0.15) is 12.0 Å². The molecule has 0 aromatic heterocycles. The van der Waals surface area contributed by atoms with E-state index in [1.54, 1.807) is 0 Å². The highest BCUT2D eigenvalue weighted by Gasteiger charge is 2.04. The number of aliphatic hydroxyl groups is 2. The lowest BCUT2D eigenvalue weighted by Crippen LogP contribution is -2.34. The first-order chi connectivity index (χ1) is 7.36. The lowest BCUT2D eigenvalue weighted by molar-refractivity contribution is 0.201. The Kier molecular flexibility index (Phi) is 6.00. The minimum atomic E-state index is 0.0127. The molecule has 1 atom stereocenters. The standard InChI is InChI=1S/C12H19NO2/c14-9-7-12(10-15)13-8-6-11-4-2-1-3-5-11/h1-5,12-15H,6-10H2. The van der Waals surface area contributed by atoms with Gasteiger partial charge in [0.25, 0.3) is 0 Å². The van der Waals surface area contributed by atoms with Crippen LogP contribution in [0, 0.1) is 0 Å². The van der Waals surface area contributed by atoms with Gasteiger partial charge in [-0.15, -0.1) is 0 Å². The van der Waals surface area contributed by atoms with Crippen molar-refractivity contribution in [3.8, 4) is 0 Å². The molecule has 0 fully saturated rings. The molecule has 0 saturated carbocycles. The molecule has 3 N–H and O–H groups in total. The van der Waals surface area contributed by atoms with Crippen LogP contribution in [0.5, 0.6) is 0 Å². The topological polar surface area (TPSA) is 52.5 Å². The monoisotopic (exact) mass is 209 g/mol. The molecule has 0 amide bonds. The molecule has 0 radical (unpaired) electrons. The van der Waals surface area contributed by atoms with Crippen LogP contribution in [-0.2, 0) is 6.42 Å². The smallest absolute Gasteiger partial charge is 0.0585 e. The lowest BCUT2D eigenvalue weighted by Gasteiger charge is -2.14. The van der Waals surface area contributed by atoms with Gasteiger partial charge in [0.15, 0.2) is 0 Å². The van der Waals surface area contributed by atoms with E-state index in [0.717, 1.165) is 13.0 Å². The van der Waals surface area contributed by atoms with Crippen LogP contribution < -0.4 is 5.32 Å². The van der Waals surface area contributed by atoms with Crippen LogP contribution >= 0.6 is 0 Å². The Morgan fingerprint density at radius 1 is 1.13 bits per heavy atom. The van der Waals surface area contributed by atoms with Gasteiger partial charge in [-0.2, -0.15) is 0 Å². The Labute approximate surface area is 90.8 Å². The van der Waals surface area contributed by atoms with Crippen molar-refractivity contribution in [3.05, 3.63) is 35.9 Å². The highest BCUT2D eigenvalue weighted by molar-refractivity contribution is 5.14. The third kappa shape index (κ3) is 4.93. The summed E-state index contributed by atoms with van der Waals surface area (Å²) in [7, 11) is 0. The molecule has 0 heterocycles. The highest BCUT2D eigenvalue weighted by atomic mass is 16.3. The molecule has 84 valence electrons. The first-order valence-corrected chi connectivity index (χ1v) is 5.36. The largest absolute Gasteiger partial charge is 0.396 e. The van der Waals surface area contributed by atoms with Gasteiger partial charge in [-0.25, -0.2) is 0 Å². The molecule has 0 aliphatic rings. The first kappa shape index (κ1) is 12.2. The third-order valence-electron chi connectivity index (χ3n) is 2.39. The zero-order valence-corrected chi connectivity index (χ0v) is 8.89. The third-order valence-corrected chi connectivity index (χ3v) is 2.39. The summed E-state index contributed by atoms with van der Waals surface area (Å²) in [4.78, 5) is 0. The Morgan fingerprint density at radius 3 is 2.47 bits per heavy atom. The van der Waals surface area contributed by atoms with Crippen molar-refractivity contribution in [3.63, 3.8) is 0 Å². The molecule has 1 rings (SSSR count). The van der Waals surface area contributed by atoms with Crippen LogP contribution in [0.25, 0.3) is 0 Å². The fraction of sp³-hybridized carbons (Fsp3) is 0.500. The maximum atomic E-state index is 8.98. The van der Waals surface area contributed by atoms with Crippen LogP contribution in [-0.4, -0.2) is 36.0 Å². The van der Waals surface area contributed by atoms with Gasteiger partial charge in [0.05, 0.1) is 6.61 Å². The number of rotatable bonds is 7. The molecule has 3 heteroatoms.